The van der Waals surface area contributed by atoms with Gasteiger partial charge in [-0.05, 0) is 26.4 Å². The number of rotatable bonds is 0. The first-order valence-electron chi connectivity index (χ1n) is 3.01. The molecule has 0 amide bonds. The van der Waals surface area contributed by atoms with E-state index in [2.05, 4.69) is 17.9 Å². The summed E-state index contributed by atoms with van der Waals surface area (Å²) in [5.74, 6) is 2.74. The Labute approximate surface area is 50.7 Å². The molecule has 0 spiro atoms. The van der Waals surface area contributed by atoms with Gasteiger partial charge in [0.05, 0.1) is 6.04 Å². The van der Waals surface area contributed by atoms with Gasteiger partial charge in [-0.15, -0.1) is 6.42 Å². The molecule has 1 rings (SSSR count). The first-order valence-corrected chi connectivity index (χ1v) is 3.01. The van der Waals surface area contributed by atoms with Crippen molar-refractivity contribution < 1.29 is 0 Å². The molecule has 0 aromatic rings. The highest BCUT2D eigenvalue weighted by Crippen LogP contribution is 2.12. The normalized spacial score (nSPS) is 30.2. The molecule has 0 aromatic heterocycles. The largest absolute Gasteiger partial charge is 0.293 e. The van der Waals surface area contributed by atoms with Crippen molar-refractivity contribution in [3.8, 4) is 12.3 Å². The third-order valence-corrected chi connectivity index (χ3v) is 1.71. The van der Waals surface area contributed by atoms with E-state index in [1.165, 1.54) is 19.4 Å². The van der Waals surface area contributed by atoms with Gasteiger partial charge in [-0.25, -0.2) is 0 Å². The number of likely N-dealkylation sites (tertiary alicyclic amines) is 1. The molecule has 0 unspecified atom stereocenters. The molecular weight excluding hydrogens is 98.1 g/mol. The zero-order valence-corrected chi connectivity index (χ0v) is 5.22. The maximum atomic E-state index is 5.23. The Morgan fingerprint density at radius 2 is 2.50 bits per heavy atom. The van der Waals surface area contributed by atoms with Crippen molar-refractivity contribution in [3.63, 3.8) is 0 Å². The van der Waals surface area contributed by atoms with Crippen LogP contribution in [0.2, 0.25) is 0 Å². The second-order valence-corrected chi connectivity index (χ2v) is 2.31. The predicted molar refractivity (Wildman–Crippen MR) is 34.5 cm³/mol. The summed E-state index contributed by atoms with van der Waals surface area (Å²) < 4.78 is 0. The second-order valence-electron chi connectivity index (χ2n) is 2.31. The van der Waals surface area contributed by atoms with E-state index < -0.39 is 0 Å². The predicted octanol–water partition coefficient (Wildman–Crippen LogP) is 0.714. The van der Waals surface area contributed by atoms with Crippen LogP contribution in [0.4, 0.5) is 0 Å². The molecule has 0 aromatic carbocycles. The molecule has 1 atom stereocenters. The van der Waals surface area contributed by atoms with Gasteiger partial charge in [-0.3, -0.25) is 4.90 Å². The van der Waals surface area contributed by atoms with Gasteiger partial charge in [0.15, 0.2) is 0 Å². The topological polar surface area (TPSA) is 3.24 Å². The van der Waals surface area contributed by atoms with Gasteiger partial charge in [0.2, 0.25) is 0 Å². The molecule has 1 aliphatic rings. The van der Waals surface area contributed by atoms with Crippen LogP contribution in [-0.2, 0) is 0 Å². The highest BCUT2D eigenvalue weighted by molar-refractivity contribution is 5.01. The molecule has 0 radical (unpaired) electrons. The maximum absolute atomic E-state index is 5.23. The summed E-state index contributed by atoms with van der Waals surface area (Å²) in [6, 6.07) is 0.426. The molecule has 1 heteroatoms. The van der Waals surface area contributed by atoms with Crippen molar-refractivity contribution in [1.29, 1.82) is 0 Å². The summed E-state index contributed by atoms with van der Waals surface area (Å²) in [6.07, 6.45) is 7.69. The second kappa shape index (κ2) is 2.19. The Morgan fingerprint density at radius 1 is 1.75 bits per heavy atom. The van der Waals surface area contributed by atoms with Crippen molar-refractivity contribution >= 4 is 0 Å². The molecule has 1 nitrogen and oxygen atoms in total. The first-order chi connectivity index (χ1) is 3.84. The van der Waals surface area contributed by atoms with Crippen LogP contribution in [0.1, 0.15) is 12.8 Å². The molecule has 0 saturated carbocycles. The van der Waals surface area contributed by atoms with Gasteiger partial charge >= 0.3 is 0 Å². The number of terminal acetylenes is 1. The van der Waals surface area contributed by atoms with Crippen molar-refractivity contribution in [2.45, 2.75) is 18.9 Å². The number of nitrogens with zero attached hydrogens (tertiary/aromatic N) is 1. The Kier molecular flexibility index (Phi) is 1.55. The minimum absolute atomic E-state index is 0.426. The minimum atomic E-state index is 0.426. The van der Waals surface area contributed by atoms with Gasteiger partial charge in [0, 0.05) is 0 Å². The summed E-state index contributed by atoms with van der Waals surface area (Å²) in [5, 5.41) is 0. The third kappa shape index (κ3) is 0.850. The lowest BCUT2D eigenvalue weighted by atomic mass is 10.2. The monoisotopic (exact) mass is 109 g/mol. The van der Waals surface area contributed by atoms with Crippen molar-refractivity contribution in [2.75, 3.05) is 13.6 Å². The molecule has 1 heterocycles. The Bertz CT molecular complexity index is 112. The van der Waals surface area contributed by atoms with Crippen LogP contribution in [0.3, 0.4) is 0 Å². The van der Waals surface area contributed by atoms with E-state index in [4.69, 9.17) is 6.42 Å². The van der Waals surface area contributed by atoms with Gasteiger partial charge in [-0.2, -0.15) is 0 Å². The highest BCUT2D eigenvalue weighted by atomic mass is 15.1. The lowest BCUT2D eigenvalue weighted by molar-refractivity contribution is 0.366. The summed E-state index contributed by atoms with van der Waals surface area (Å²) in [4.78, 5) is 2.22. The van der Waals surface area contributed by atoms with Crippen LogP contribution in [0, 0.1) is 12.3 Å². The fourth-order valence-electron chi connectivity index (χ4n) is 1.12. The Balaban J connectivity index is 2.45. The SMILES string of the molecule is C#C[C@@H]1CCCN1C. The molecule has 1 saturated heterocycles. The molecule has 1 fully saturated rings. The molecule has 44 valence electrons. The van der Waals surface area contributed by atoms with Crippen molar-refractivity contribution in [1.82, 2.24) is 4.90 Å². The summed E-state index contributed by atoms with van der Waals surface area (Å²) in [6.45, 7) is 1.18. The molecule has 0 aliphatic carbocycles. The van der Waals surface area contributed by atoms with E-state index in [1.807, 2.05) is 0 Å². The molecule has 0 bridgehead atoms. The van der Waals surface area contributed by atoms with Crippen LogP contribution in [-0.4, -0.2) is 24.5 Å². The molecular formula is C7H11N. The first kappa shape index (κ1) is 5.65. The fraction of sp³-hybridized carbons (Fsp3) is 0.714. The average molecular weight is 109 g/mol. The molecule has 8 heavy (non-hydrogen) atoms. The van der Waals surface area contributed by atoms with E-state index >= 15 is 0 Å². The lowest BCUT2D eigenvalue weighted by Gasteiger charge is -2.11. The Morgan fingerprint density at radius 3 is 2.75 bits per heavy atom. The van der Waals surface area contributed by atoms with E-state index in [0.29, 0.717) is 6.04 Å². The van der Waals surface area contributed by atoms with Crippen LogP contribution >= 0.6 is 0 Å². The van der Waals surface area contributed by atoms with Crippen LogP contribution in [0.5, 0.6) is 0 Å². The fourth-order valence-corrected chi connectivity index (χ4v) is 1.12. The number of hydrogen-bond acceptors (Lipinski definition) is 1. The van der Waals surface area contributed by atoms with Crippen LogP contribution in [0.25, 0.3) is 0 Å². The van der Waals surface area contributed by atoms with E-state index in [1.54, 1.807) is 0 Å². The van der Waals surface area contributed by atoms with Crippen LogP contribution in [0.15, 0.2) is 0 Å². The van der Waals surface area contributed by atoms with Gasteiger partial charge < -0.3 is 0 Å². The van der Waals surface area contributed by atoms with E-state index in [9.17, 15) is 0 Å². The van der Waals surface area contributed by atoms with Gasteiger partial charge in [-0.1, -0.05) is 5.92 Å². The Hall–Kier alpha value is -0.480. The smallest absolute Gasteiger partial charge is 0.0709 e. The minimum Gasteiger partial charge on any atom is -0.293 e. The maximum Gasteiger partial charge on any atom is 0.0709 e. The van der Waals surface area contributed by atoms with Crippen molar-refractivity contribution in [2.24, 2.45) is 0 Å². The number of hydrogen-bond donors (Lipinski definition) is 0. The standard InChI is InChI=1S/C7H11N/c1-3-7-5-4-6-8(7)2/h1,7H,4-6H2,2H3/t7-/m1/s1. The van der Waals surface area contributed by atoms with E-state index in [0.717, 1.165) is 0 Å². The third-order valence-electron chi connectivity index (χ3n) is 1.71. The average Bonchev–Trinajstić information content (AvgIpc) is 2.14. The quantitative estimate of drug-likeness (QED) is 0.414. The van der Waals surface area contributed by atoms with Gasteiger partial charge in [0.25, 0.3) is 0 Å². The van der Waals surface area contributed by atoms with Crippen LogP contribution < -0.4 is 0 Å². The van der Waals surface area contributed by atoms with Crippen molar-refractivity contribution in [3.05, 3.63) is 0 Å². The van der Waals surface area contributed by atoms with Gasteiger partial charge in [0.1, 0.15) is 0 Å². The highest BCUT2D eigenvalue weighted by Gasteiger charge is 2.17. The molecule has 0 N–H and O–H groups in total. The summed E-state index contributed by atoms with van der Waals surface area (Å²) in [5.41, 5.74) is 0. The summed E-state index contributed by atoms with van der Waals surface area (Å²) in [7, 11) is 2.08. The zero-order chi connectivity index (χ0) is 5.98. The zero-order valence-electron chi connectivity index (χ0n) is 5.22. The molecule has 1 aliphatic heterocycles. The summed E-state index contributed by atoms with van der Waals surface area (Å²) >= 11 is 0. The lowest BCUT2D eigenvalue weighted by Crippen LogP contribution is -2.22. The van der Waals surface area contributed by atoms with E-state index in [-0.39, 0.29) is 0 Å².